The summed E-state index contributed by atoms with van der Waals surface area (Å²) in [4.78, 5) is 29.8. The SMILES string of the molecule is CC(C)(C)C[C@@H]1CN(C(=O)NC2CCN(S(C)(=O)=O)CC2)[C@H](c2cccc(Cl)c2F)[C@]12C(=O)Nc1cc(Cl)ccc12. The largest absolute Gasteiger partial charge is 0.335 e. The third kappa shape index (κ3) is 5.44. The number of fused-ring (bicyclic) bond motifs is 2. The Labute approximate surface area is 250 Å². The molecule has 2 N–H and O–H groups in total. The van der Waals surface area contributed by atoms with Gasteiger partial charge in [0.15, 0.2) is 0 Å². The molecule has 0 saturated carbocycles. The molecule has 41 heavy (non-hydrogen) atoms. The number of likely N-dealkylation sites (tertiary alicyclic amines) is 1. The van der Waals surface area contributed by atoms with Crippen molar-refractivity contribution in [3.63, 3.8) is 0 Å². The minimum absolute atomic E-state index is 0.0971. The first-order valence-electron chi connectivity index (χ1n) is 13.7. The van der Waals surface area contributed by atoms with Crippen molar-refractivity contribution in [3.05, 3.63) is 63.4 Å². The van der Waals surface area contributed by atoms with Gasteiger partial charge in [0.05, 0.1) is 17.3 Å². The van der Waals surface area contributed by atoms with Gasteiger partial charge in [-0.2, -0.15) is 0 Å². The molecular formula is C29H35Cl2FN4O4S. The number of nitrogens with zero attached hydrogens (tertiary/aromatic N) is 2. The third-order valence-electron chi connectivity index (χ3n) is 8.50. The van der Waals surface area contributed by atoms with Crippen molar-refractivity contribution in [1.29, 1.82) is 0 Å². The molecule has 0 radical (unpaired) electrons. The summed E-state index contributed by atoms with van der Waals surface area (Å²) in [6.07, 6.45) is 2.65. The van der Waals surface area contributed by atoms with Gasteiger partial charge in [-0.25, -0.2) is 21.9 Å². The maximum atomic E-state index is 15.9. The zero-order valence-electron chi connectivity index (χ0n) is 23.5. The Hall–Kier alpha value is -2.40. The molecule has 222 valence electrons. The van der Waals surface area contributed by atoms with Gasteiger partial charge in [0.2, 0.25) is 15.9 Å². The van der Waals surface area contributed by atoms with Gasteiger partial charge in [0.1, 0.15) is 11.2 Å². The zero-order chi connectivity index (χ0) is 29.9. The van der Waals surface area contributed by atoms with Crippen molar-refractivity contribution in [2.75, 3.05) is 31.2 Å². The molecule has 8 nitrogen and oxygen atoms in total. The number of piperidine rings is 1. The molecule has 0 aromatic heterocycles. The summed E-state index contributed by atoms with van der Waals surface area (Å²) < 4.78 is 41.2. The highest BCUT2D eigenvalue weighted by atomic mass is 35.5. The van der Waals surface area contributed by atoms with E-state index in [1.54, 1.807) is 35.2 Å². The summed E-state index contributed by atoms with van der Waals surface area (Å²) >= 11 is 12.5. The number of carbonyl (C=O) groups excluding carboxylic acids is 2. The Bertz CT molecular complexity index is 1490. The fraction of sp³-hybridized carbons (Fsp3) is 0.517. The molecule has 3 aliphatic rings. The second-order valence-electron chi connectivity index (χ2n) is 12.6. The smallest absolute Gasteiger partial charge is 0.318 e. The topological polar surface area (TPSA) is 98.8 Å². The number of hydrogen-bond acceptors (Lipinski definition) is 4. The first-order valence-corrected chi connectivity index (χ1v) is 16.3. The van der Waals surface area contributed by atoms with E-state index in [4.69, 9.17) is 23.2 Å². The summed E-state index contributed by atoms with van der Waals surface area (Å²) in [5, 5.41) is 6.40. The normalized spacial score (nSPS) is 25.4. The molecule has 3 amide bonds. The van der Waals surface area contributed by atoms with Crippen LogP contribution in [0.25, 0.3) is 0 Å². The summed E-state index contributed by atoms with van der Waals surface area (Å²) in [6, 6.07) is 8.13. The van der Waals surface area contributed by atoms with E-state index in [9.17, 15) is 18.0 Å². The van der Waals surface area contributed by atoms with E-state index in [-0.39, 0.29) is 40.4 Å². The number of halogens is 3. The number of rotatable bonds is 4. The highest BCUT2D eigenvalue weighted by Gasteiger charge is 2.65. The standard InChI is InChI=1S/C29H35Cl2FN4O4S/c1-28(2,3)15-17-16-36(27(38)33-19-10-12-35(13-11-19)41(4,39)40)25(20-6-5-7-22(31)24(20)32)29(17)21-9-8-18(30)14-23(21)34-26(29)37/h5-9,14,17,19,25H,10-13,15-16H2,1-4H3,(H,33,38)(H,34,37)/t17-,25-,29+/m1/s1. The quantitative estimate of drug-likeness (QED) is 0.465. The molecule has 3 atom stereocenters. The molecule has 3 aliphatic heterocycles. The van der Waals surface area contributed by atoms with E-state index in [2.05, 4.69) is 31.4 Å². The lowest BCUT2D eigenvalue weighted by atomic mass is 9.63. The first-order chi connectivity index (χ1) is 19.1. The van der Waals surface area contributed by atoms with Gasteiger partial charge < -0.3 is 15.5 Å². The van der Waals surface area contributed by atoms with Crippen LogP contribution in [0, 0.1) is 17.2 Å². The van der Waals surface area contributed by atoms with Gasteiger partial charge in [-0.3, -0.25) is 4.79 Å². The highest BCUT2D eigenvalue weighted by molar-refractivity contribution is 7.88. The van der Waals surface area contributed by atoms with E-state index in [0.717, 1.165) is 0 Å². The van der Waals surface area contributed by atoms with Crippen molar-refractivity contribution in [3.8, 4) is 0 Å². The van der Waals surface area contributed by atoms with Crippen molar-refractivity contribution >= 4 is 50.9 Å². The lowest BCUT2D eigenvalue weighted by Gasteiger charge is -2.38. The second-order valence-corrected chi connectivity index (χ2v) is 15.4. The van der Waals surface area contributed by atoms with Gasteiger partial charge in [-0.1, -0.05) is 62.2 Å². The number of sulfonamides is 1. The number of amides is 3. The number of hydrogen-bond donors (Lipinski definition) is 2. The van der Waals surface area contributed by atoms with E-state index < -0.39 is 33.3 Å². The van der Waals surface area contributed by atoms with Crippen LogP contribution in [0.3, 0.4) is 0 Å². The van der Waals surface area contributed by atoms with E-state index >= 15 is 4.39 Å². The average molecular weight is 626 g/mol. The van der Waals surface area contributed by atoms with Crippen LogP contribution in [-0.4, -0.2) is 61.5 Å². The lowest BCUT2D eigenvalue weighted by Crippen LogP contribution is -2.51. The number of anilines is 1. The maximum Gasteiger partial charge on any atom is 0.318 e. The van der Waals surface area contributed by atoms with Crippen molar-refractivity contribution in [2.45, 2.75) is 57.5 Å². The Morgan fingerprint density at radius 3 is 2.49 bits per heavy atom. The Kier molecular flexibility index (Phi) is 7.85. The number of urea groups is 1. The van der Waals surface area contributed by atoms with Crippen LogP contribution in [-0.2, 0) is 20.2 Å². The molecule has 2 fully saturated rings. The Morgan fingerprint density at radius 2 is 1.85 bits per heavy atom. The van der Waals surface area contributed by atoms with Crippen molar-refractivity contribution in [2.24, 2.45) is 11.3 Å². The van der Waals surface area contributed by atoms with Gasteiger partial charge in [-0.15, -0.1) is 0 Å². The molecule has 2 aromatic carbocycles. The molecule has 0 bridgehead atoms. The first kappa shape index (κ1) is 30.1. The number of nitrogens with one attached hydrogen (secondary N) is 2. The minimum atomic E-state index is -3.32. The van der Waals surface area contributed by atoms with Crippen LogP contribution < -0.4 is 10.6 Å². The zero-order valence-corrected chi connectivity index (χ0v) is 25.8. The maximum absolute atomic E-state index is 15.9. The van der Waals surface area contributed by atoms with Crippen LogP contribution in [0.5, 0.6) is 0 Å². The monoisotopic (exact) mass is 624 g/mol. The summed E-state index contributed by atoms with van der Waals surface area (Å²) in [5.41, 5.74) is -0.133. The molecule has 2 aromatic rings. The molecule has 12 heteroatoms. The molecule has 5 rings (SSSR count). The summed E-state index contributed by atoms with van der Waals surface area (Å²) in [6.45, 7) is 7.01. The Morgan fingerprint density at radius 1 is 1.17 bits per heavy atom. The van der Waals surface area contributed by atoms with Crippen LogP contribution in [0.2, 0.25) is 10.0 Å². The van der Waals surface area contributed by atoms with Gasteiger partial charge in [-0.05, 0) is 54.4 Å². The minimum Gasteiger partial charge on any atom is -0.335 e. The number of benzene rings is 2. The molecule has 3 heterocycles. The van der Waals surface area contributed by atoms with Crippen molar-refractivity contribution in [1.82, 2.24) is 14.5 Å². The van der Waals surface area contributed by atoms with E-state index in [1.807, 2.05) is 0 Å². The lowest BCUT2D eigenvalue weighted by molar-refractivity contribution is -0.123. The fourth-order valence-electron chi connectivity index (χ4n) is 6.86. The molecular weight excluding hydrogens is 590 g/mol. The second kappa shape index (κ2) is 10.7. The average Bonchev–Trinajstić information content (AvgIpc) is 3.34. The highest BCUT2D eigenvalue weighted by Crippen LogP contribution is 2.60. The van der Waals surface area contributed by atoms with Crippen LogP contribution in [0.15, 0.2) is 36.4 Å². The fourth-order valence-corrected chi connectivity index (χ4v) is 8.09. The van der Waals surface area contributed by atoms with Gasteiger partial charge >= 0.3 is 6.03 Å². The van der Waals surface area contributed by atoms with Crippen molar-refractivity contribution < 1.29 is 22.4 Å². The summed E-state index contributed by atoms with van der Waals surface area (Å²) in [5.74, 6) is -1.35. The molecule has 0 unspecified atom stereocenters. The van der Waals surface area contributed by atoms with E-state index in [0.29, 0.717) is 48.6 Å². The van der Waals surface area contributed by atoms with Crippen LogP contribution >= 0.6 is 23.2 Å². The third-order valence-corrected chi connectivity index (χ3v) is 10.3. The van der Waals surface area contributed by atoms with Gasteiger partial charge in [0, 0.05) is 41.9 Å². The van der Waals surface area contributed by atoms with E-state index in [1.165, 1.54) is 16.6 Å². The summed E-state index contributed by atoms with van der Waals surface area (Å²) in [7, 11) is -3.32. The van der Waals surface area contributed by atoms with Crippen LogP contribution in [0.4, 0.5) is 14.9 Å². The molecule has 2 saturated heterocycles. The van der Waals surface area contributed by atoms with Crippen LogP contribution in [0.1, 0.15) is 57.2 Å². The molecule has 1 spiro atoms. The molecule has 0 aliphatic carbocycles. The number of carbonyl (C=O) groups is 2. The Balaban J connectivity index is 1.60. The predicted molar refractivity (Wildman–Crippen MR) is 158 cm³/mol. The van der Waals surface area contributed by atoms with Gasteiger partial charge in [0.25, 0.3) is 0 Å². The predicted octanol–water partition coefficient (Wildman–Crippen LogP) is 5.57.